The van der Waals surface area contributed by atoms with Gasteiger partial charge in [-0.1, -0.05) is 28.4 Å². The third-order valence-corrected chi connectivity index (χ3v) is 4.24. The van der Waals surface area contributed by atoms with Gasteiger partial charge < -0.3 is 15.8 Å². The standard InChI is InChI=1S/C16H14Cl2N6O2/c1-24-11(7-20-23-24)16(25)22-13-4-3-9(15(19)21-13)10-5-8(17)6-12(26-2)14(10)18/h3-7H,1-2H3,(H3,19,21,22,25). The van der Waals surface area contributed by atoms with E-state index in [2.05, 4.69) is 20.6 Å². The molecule has 0 spiro atoms. The second-order valence-corrected chi connectivity index (χ2v) is 6.11. The van der Waals surface area contributed by atoms with Gasteiger partial charge in [0.05, 0.1) is 18.3 Å². The zero-order valence-electron chi connectivity index (χ0n) is 13.8. The number of amides is 1. The number of pyridine rings is 1. The quantitative estimate of drug-likeness (QED) is 0.706. The molecule has 1 amide bonds. The van der Waals surface area contributed by atoms with Crippen LogP contribution in [0.3, 0.4) is 0 Å². The van der Waals surface area contributed by atoms with Gasteiger partial charge in [0.15, 0.2) is 0 Å². The van der Waals surface area contributed by atoms with E-state index in [1.54, 1.807) is 31.3 Å². The van der Waals surface area contributed by atoms with E-state index in [4.69, 9.17) is 33.7 Å². The second kappa shape index (κ2) is 7.19. The lowest BCUT2D eigenvalue weighted by Gasteiger charge is -2.12. The molecule has 0 aliphatic carbocycles. The highest BCUT2D eigenvalue weighted by molar-refractivity contribution is 6.37. The average molecular weight is 393 g/mol. The summed E-state index contributed by atoms with van der Waals surface area (Å²) in [5, 5.41) is 10.8. The Labute approximate surface area is 158 Å². The van der Waals surface area contributed by atoms with Crippen LogP contribution in [0.1, 0.15) is 10.5 Å². The number of carbonyl (C=O) groups is 1. The number of nitrogens with one attached hydrogen (secondary N) is 1. The van der Waals surface area contributed by atoms with Gasteiger partial charge in [-0.3, -0.25) is 4.79 Å². The minimum Gasteiger partial charge on any atom is -0.495 e. The van der Waals surface area contributed by atoms with Crippen molar-refractivity contribution in [3.8, 4) is 16.9 Å². The molecule has 2 heterocycles. The Morgan fingerprint density at radius 3 is 2.65 bits per heavy atom. The summed E-state index contributed by atoms with van der Waals surface area (Å²) in [6.45, 7) is 0. The predicted octanol–water partition coefficient (Wildman–Crippen LogP) is 3.03. The summed E-state index contributed by atoms with van der Waals surface area (Å²) < 4.78 is 6.56. The monoisotopic (exact) mass is 392 g/mol. The van der Waals surface area contributed by atoms with Crippen LogP contribution in [0.15, 0.2) is 30.5 Å². The van der Waals surface area contributed by atoms with Gasteiger partial charge in [0.1, 0.15) is 23.1 Å². The van der Waals surface area contributed by atoms with Crippen LogP contribution in [0.4, 0.5) is 11.6 Å². The number of hydrogen-bond acceptors (Lipinski definition) is 6. The summed E-state index contributed by atoms with van der Waals surface area (Å²) >= 11 is 12.4. The molecule has 0 bridgehead atoms. The first kappa shape index (κ1) is 18.0. The summed E-state index contributed by atoms with van der Waals surface area (Å²) in [7, 11) is 3.11. The van der Waals surface area contributed by atoms with Crippen molar-refractivity contribution in [2.24, 2.45) is 7.05 Å². The van der Waals surface area contributed by atoms with Crippen molar-refractivity contribution in [3.05, 3.63) is 46.2 Å². The van der Waals surface area contributed by atoms with Crippen molar-refractivity contribution in [1.82, 2.24) is 20.0 Å². The van der Waals surface area contributed by atoms with Crippen LogP contribution >= 0.6 is 23.2 Å². The number of carbonyl (C=O) groups excluding carboxylic acids is 1. The van der Waals surface area contributed by atoms with Gasteiger partial charge in [-0.05, 0) is 18.2 Å². The van der Waals surface area contributed by atoms with E-state index in [9.17, 15) is 4.79 Å². The number of rotatable bonds is 4. The number of ether oxygens (including phenoxy) is 1. The molecule has 3 aromatic rings. The number of halogens is 2. The van der Waals surface area contributed by atoms with Crippen LogP contribution < -0.4 is 15.8 Å². The van der Waals surface area contributed by atoms with Crippen LogP contribution in [-0.4, -0.2) is 33.0 Å². The maximum Gasteiger partial charge on any atom is 0.276 e. The van der Waals surface area contributed by atoms with Crippen LogP contribution in [-0.2, 0) is 7.05 Å². The molecule has 0 radical (unpaired) electrons. The highest BCUT2D eigenvalue weighted by atomic mass is 35.5. The minimum absolute atomic E-state index is 0.178. The number of benzene rings is 1. The lowest BCUT2D eigenvalue weighted by molar-refractivity contribution is 0.101. The van der Waals surface area contributed by atoms with Gasteiger partial charge in [0.2, 0.25) is 0 Å². The molecule has 0 aliphatic heterocycles. The van der Waals surface area contributed by atoms with Crippen molar-refractivity contribution >= 4 is 40.7 Å². The van der Waals surface area contributed by atoms with E-state index in [0.29, 0.717) is 26.9 Å². The van der Waals surface area contributed by atoms with Gasteiger partial charge in [-0.15, -0.1) is 5.10 Å². The van der Waals surface area contributed by atoms with Crippen molar-refractivity contribution < 1.29 is 9.53 Å². The number of hydrogen-bond donors (Lipinski definition) is 2. The summed E-state index contributed by atoms with van der Waals surface area (Å²) in [6, 6.07) is 6.57. The Kier molecular flexibility index (Phi) is 4.97. The second-order valence-electron chi connectivity index (χ2n) is 5.30. The van der Waals surface area contributed by atoms with Crippen molar-refractivity contribution in [2.45, 2.75) is 0 Å². The molecule has 0 saturated heterocycles. The van der Waals surface area contributed by atoms with E-state index in [-0.39, 0.29) is 17.3 Å². The molecule has 2 aromatic heterocycles. The fraction of sp³-hybridized carbons (Fsp3) is 0.125. The van der Waals surface area contributed by atoms with Gasteiger partial charge in [0.25, 0.3) is 5.91 Å². The Hall–Kier alpha value is -2.84. The summed E-state index contributed by atoms with van der Waals surface area (Å²) in [5.41, 5.74) is 7.49. The van der Waals surface area contributed by atoms with E-state index < -0.39 is 5.91 Å². The molecule has 134 valence electrons. The fourth-order valence-electron chi connectivity index (χ4n) is 2.36. The highest BCUT2D eigenvalue weighted by Crippen LogP contribution is 2.40. The first-order valence-corrected chi connectivity index (χ1v) is 8.12. The van der Waals surface area contributed by atoms with Crippen LogP contribution in [0, 0.1) is 0 Å². The SMILES string of the molecule is COc1cc(Cl)cc(-c2ccc(NC(=O)c3cnnn3C)nc2N)c1Cl. The third kappa shape index (κ3) is 3.42. The molecule has 1 aromatic carbocycles. The van der Waals surface area contributed by atoms with E-state index in [1.165, 1.54) is 18.0 Å². The molecule has 0 unspecified atom stereocenters. The number of anilines is 2. The fourth-order valence-corrected chi connectivity index (χ4v) is 2.85. The summed E-state index contributed by atoms with van der Waals surface area (Å²) in [4.78, 5) is 16.4. The van der Waals surface area contributed by atoms with E-state index in [1.807, 2.05) is 0 Å². The molecule has 8 nitrogen and oxygen atoms in total. The molecule has 0 aliphatic rings. The lowest BCUT2D eigenvalue weighted by atomic mass is 10.1. The summed E-state index contributed by atoms with van der Waals surface area (Å²) in [6.07, 6.45) is 1.35. The maximum absolute atomic E-state index is 12.2. The van der Waals surface area contributed by atoms with E-state index >= 15 is 0 Å². The maximum atomic E-state index is 12.2. The molecular formula is C16H14Cl2N6O2. The Balaban J connectivity index is 1.93. The number of nitrogen functional groups attached to an aromatic ring is 1. The highest BCUT2D eigenvalue weighted by Gasteiger charge is 2.16. The molecular weight excluding hydrogens is 379 g/mol. The summed E-state index contributed by atoms with van der Waals surface area (Å²) in [5.74, 6) is 0.481. The number of nitrogens with zero attached hydrogens (tertiary/aromatic N) is 4. The van der Waals surface area contributed by atoms with Crippen LogP contribution in [0.25, 0.3) is 11.1 Å². The number of aromatic nitrogens is 4. The molecule has 10 heteroatoms. The van der Waals surface area contributed by atoms with E-state index in [0.717, 1.165) is 0 Å². The van der Waals surface area contributed by atoms with Crippen molar-refractivity contribution in [1.29, 1.82) is 0 Å². The zero-order chi connectivity index (χ0) is 18.8. The van der Waals surface area contributed by atoms with Crippen LogP contribution in [0.2, 0.25) is 10.0 Å². The Morgan fingerprint density at radius 1 is 1.27 bits per heavy atom. The first-order chi connectivity index (χ1) is 12.4. The lowest BCUT2D eigenvalue weighted by Crippen LogP contribution is -2.17. The Morgan fingerprint density at radius 2 is 2.04 bits per heavy atom. The number of methoxy groups -OCH3 is 1. The molecule has 0 fully saturated rings. The Bertz CT molecular complexity index is 989. The number of aryl methyl sites for hydroxylation is 1. The molecule has 3 N–H and O–H groups in total. The normalized spacial score (nSPS) is 10.6. The van der Waals surface area contributed by atoms with Gasteiger partial charge in [0, 0.05) is 29.3 Å². The van der Waals surface area contributed by atoms with Gasteiger partial charge in [-0.25, -0.2) is 9.67 Å². The molecule has 26 heavy (non-hydrogen) atoms. The average Bonchev–Trinajstić information content (AvgIpc) is 3.03. The topological polar surface area (TPSA) is 108 Å². The molecule has 3 rings (SSSR count). The number of nitrogens with two attached hydrogens (primary N) is 1. The van der Waals surface area contributed by atoms with Gasteiger partial charge >= 0.3 is 0 Å². The van der Waals surface area contributed by atoms with Crippen molar-refractivity contribution in [2.75, 3.05) is 18.2 Å². The molecule has 0 atom stereocenters. The smallest absolute Gasteiger partial charge is 0.276 e. The predicted molar refractivity (Wildman–Crippen MR) is 99.6 cm³/mol. The zero-order valence-corrected chi connectivity index (χ0v) is 15.3. The molecule has 0 saturated carbocycles. The minimum atomic E-state index is -0.403. The van der Waals surface area contributed by atoms with Crippen molar-refractivity contribution in [3.63, 3.8) is 0 Å². The largest absolute Gasteiger partial charge is 0.495 e. The first-order valence-electron chi connectivity index (χ1n) is 7.36. The van der Waals surface area contributed by atoms with Crippen LogP contribution in [0.5, 0.6) is 5.75 Å². The third-order valence-electron chi connectivity index (χ3n) is 3.63. The van der Waals surface area contributed by atoms with Gasteiger partial charge in [-0.2, -0.15) is 0 Å².